The molecular weight excluding hydrogens is 228 g/mol. The SMILES string of the molecule is Cc1occc1C(=O)N/N=C\[C@H]1C[C@@H]2C=C[C@@H]1C2. The van der Waals surface area contributed by atoms with Crippen LogP contribution in [-0.4, -0.2) is 12.1 Å². The largest absolute Gasteiger partial charge is 0.469 e. The lowest BCUT2D eigenvalue weighted by Gasteiger charge is -2.11. The van der Waals surface area contributed by atoms with E-state index in [9.17, 15) is 4.79 Å². The van der Waals surface area contributed by atoms with Crippen LogP contribution in [0.2, 0.25) is 0 Å². The molecule has 0 aliphatic heterocycles. The zero-order valence-corrected chi connectivity index (χ0v) is 10.3. The first-order valence-electron chi connectivity index (χ1n) is 6.30. The van der Waals surface area contributed by atoms with Gasteiger partial charge in [0.1, 0.15) is 5.76 Å². The quantitative estimate of drug-likeness (QED) is 0.504. The van der Waals surface area contributed by atoms with Gasteiger partial charge in [-0.15, -0.1) is 0 Å². The van der Waals surface area contributed by atoms with Crippen LogP contribution in [0.3, 0.4) is 0 Å². The van der Waals surface area contributed by atoms with Crippen molar-refractivity contribution in [1.29, 1.82) is 0 Å². The second kappa shape index (κ2) is 4.44. The number of aryl methyl sites for hydroxylation is 1. The van der Waals surface area contributed by atoms with Gasteiger partial charge in [0.15, 0.2) is 0 Å². The van der Waals surface area contributed by atoms with Crippen LogP contribution in [0.15, 0.2) is 34.0 Å². The molecule has 3 rings (SSSR count). The molecule has 2 aliphatic carbocycles. The van der Waals surface area contributed by atoms with Crippen molar-refractivity contribution in [3.63, 3.8) is 0 Å². The van der Waals surface area contributed by atoms with Crippen LogP contribution < -0.4 is 5.43 Å². The first kappa shape index (κ1) is 11.3. The highest BCUT2D eigenvalue weighted by Crippen LogP contribution is 2.42. The Kier molecular flexibility index (Phi) is 2.78. The molecule has 2 bridgehead atoms. The minimum Gasteiger partial charge on any atom is -0.469 e. The summed E-state index contributed by atoms with van der Waals surface area (Å²) in [5.74, 6) is 2.22. The third-order valence-corrected chi connectivity index (χ3v) is 3.87. The molecule has 1 amide bonds. The first-order valence-corrected chi connectivity index (χ1v) is 6.30. The maximum absolute atomic E-state index is 11.8. The molecule has 0 aromatic carbocycles. The van der Waals surface area contributed by atoms with Gasteiger partial charge in [0.05, 0.1) is 11.8 Å². The Bertz CT molecular complexity index is 516. The molecule has 1 N–H and O–H groups in total. The summed E-state index contributed by atoms with van der Waals surface area (Å²) in [6, 6.07) is 1.65. The molecule has 4 nitrogen and oxygen atoms in total. The highest BCUT2D eigenvalue weighted by Gasteiger charge is 2.34. The molecule has 3 atom stereocenters. The second-order valence-corrected chi connectivity index (χ2v) is 5.05. The van der Waals surface area contributed by atoms with E-state index in [1.54, 1.807) is 13.0 Å². The van der Waals surface area contributed by atoms with Gasteiger partial charge in [0.25, 0.3) is 5.91 Å². The van der Waals surface area contributed by atoms with E-state index in [1.165, 1.54) is 12.7 Å². The fraction of sp³-hybridized carbons (Fsp3) is 0.429. The van der Waals surface area contributed by atoms with Crippen molar-refractivity contribution in [3.8, 4) is 0 Å². The van der Waals surface area contributed by atoms with E-state index in [1.807, 2.05) is 6.21 Å². The van der Waals surface area contributed by atoms with Crippen LogP contribution >= 0.6 is 0 Å². The van der Waals surface area contributed by atoms with Gasteiger partial charge in [-0.3, -0.25) is 4.79 Å². The number of allylic oxidation sites excluding steroid dienone is 2. The Balaban J connectivity index is 1.57. The van der Waals surface area contributed by atoms with Crippen molar-refractivity contribution in [2.45, 2.75) is 19.8 Å². The molecule has 1 fully saturated rings. The number of fused-ring (bicyclic) bond motifs is 2. The number of nitrogens with zero attached hydrogens (tertiary/aromatic N) is 1. The molecule has 0 unspecified atom stereocenters. The summed E-state index contributed by atoms with van der Waals surface area (Å²) < 4.78 is 5.08. The molecule has 1 aromatic rings. The summed E-state index contributed by atoms with van der Waals surface area (Å²) in [4.78, 5) is 11.8. The number of furan rings is 1. The maximum Gasteiger partial charge on any atom is 0.274 e. The molecule has 0 spiro atoms. The third kappa shape index (κ3) is 1.98. The monoisotopic (exact) mass is 244 g/mol. The van der Waals surface area contributed by atoms with Crippen molar-refractivity contribution in [2.24, 2.45) is 22.9 Å². The number of nitrogens with one attached hydrogen (secondary N) is 1. The van der Waals surface area contributed by atoms with Crippen LogP contribution in [-0.2, 0) is 0 Å². The van der Waals surface area contributed by atoms with Crippen LogP contribution in [0.5, 0.6) is 0 Å². The van der Waals surface area contributed by atoms with Gasteiger partial charge in [0.2, 0.25) is 0 Å². The normalized spacial score (nSPS) is 29.3. The summed E-state index contributed by atoms with van der Waals surface area (Å²) in [6.45, 7) is 1.76. The predicted molar refractivity (Wildman–Crippen MR) is 68.2 cm³/mol. The fourth-order valence-electron chi connectivity index (χ4n) is 2.87. The Morgan fingerprint density at radius 1 is 1.50 bits per heavy atom. The Labute approximate surface area is 106 Å². The molecule has 18 heavy (non-hydrogen) atoms. The minimum absolute atomic E-state index is 0.212. The molecule has 0 radical (unpaired) electrons. The molecule has 1 heterocycles. The molecule has 94 valence electrons. The van der Waals surface area contributed by atoms with Crippen molar-refractivity contribution < 1.29 is 9.21 Å². The first-order chi connectivity index (χ1) is 8.74. The number of hydrogen-bond donors (Lipinski definition) is 1. The number of carbonyl (C=O) groups is 1. The summed E-state index contributed by atoms with van der Waals surface area (Å²) in [5, 5.41) is 4.07. The van der Waals surface area contributed by atoms with Gasteiger partial charge in [-0.1, -0.05) is 12.2 Å². The number of rotatable bonds is 3. The number of amides is 1. The molecule has 1 aromatic heterocycles. The van der Waals surface area contributed by atoms with E-state index in [0.29, 0.717) is 23.2 Å². The Morgan fingerprint density at radius 3 is 3.00 bits per heavy atom. The standard InChI is InChI=1S/C14H16N2O2/c1-9-13(4-5-18-9)14(17)16-15-8-12-7-10-2-3-11(12)6-10/h2-5,8,10-12H,6-7H2,1H3,(H,16,17)/b15-8-/t10-,11-,12-/m1/s1. The molecule has 0 saturated heterocycles. The smallest absolute Gasteiger partial charge is 0.274 e. The summed E-state index contributed by atoms with van der Waals surface area (Å²) in [5.41, 5.74) is 3.10. The van der Waals surface area contributed by atoms with E-state index in [2.05, 4.69) is 22.7 Å². The maximum atomic E-state index is 11.8. The Hall–Kier alpha value is -1.84. The van der Waals surface area contributed by atoms with Crippen molar-refractivity contribution in [3.05, 3.63) is 35.8 Å². The lowest BCUT2D eigenvalue weighted by atomic mass is 9.95. The minimum atomic E-state index is -0.212. The zero-order valence-electron chi connectivity index (χ0n) is 10.3. The zero-order chi connectivity index (χ0) is 12.5. The van der Waals surface area contributed by atoms with Crippen LogP contribution in [0.25, 0.3) is 0 Å². The third-order valence-electron chi connectivity index (χ3n) is 3.87. The lowest BCUT2D eigenvalue weighted by Crippen LogP contribution is -2.19. The van der Waals surface area contributed by atoms with Gasteiger partial charge >= 0.3 is 0 Å². The number of hydrazone groups is 1. The summed E-state index contributed by atoms with van der Waals surface area (Å²) in [6.07, 6.45) is 10.3. The average Bonchev–Trinajstić information content (AvgIpc) is 3.04. The molecule has 2 aliphatic rings. The van der Waals surface area contributed by atoms with Gasteiger partial charge in [0, 0.05) is 12.1 Å². The lowest BCUT2D eigenvalue weighted by molar-refractivity contribution is 0.0953. The van der Waals surface area contributed by atoms with Crippen molar-refractivity contribution in [2.75, 3.05) is 0 Å². The summed E-state index contributed by atoms with van der Waals surface area (Å²) >= 11 is 0. The topological polar surface area (TPSA) is 54.6 Å². The van der Waals surface area contributed by atoms with E-state index < -0.39 is 0 Å². The number of hydrogen-bond acceptors (Lipinski definition) is 3. The summed E-state index contributed by atoms with van der Waals surface area (Å²) in [7, 11) is 0. The fourth-order valence-corrected chi connectivity index (χ4v) is 2.87. The molecular formula is C14H16N2O2. The highest BCUT2D eigenvalue weighted by atomic mass is 16.3. The molecule has 1 saturated carbocycles. The van der Waals surface area contributed by atoms with Crippen LogP contribution in [0.4, 0.5) is 0 Å². The Morgan fingerprint density at radius 2 is 2.39 bits per heavy atom. The van der Waals surface area contributed by atoms with Crippen LogP contribution in [0, 0.1) is 24.7 Å². The number of carbonyl (C=O) groups excluding carboxylic acids is 1. The van der Waals surface area contributed by atoms with Gasteiger partial charge in [-0.2, -0.15) is 5.10 Å². The molecule has 4 heteroatoms. The average molecular weight is 244 g/mol. The van der Waals surface area contributed by atoms with E-state index in [-0.39, 0.29) is 5.91 Å². The van der Waals surface area contributed by atoms with E-state index >= 15 is 0 Å². The van der Waals surface area contributed by atoms with Gasteiger partial charge in [-0.05, 0) is 37.7 Å². The second-order valence-electron chi connectivity index (χ2n) is 5.05. The van der Waals surface area contributed by atoms with Crippen LogP contribution in [0.1, 0.15) is 29.0 Å². The van der Waals surface area contributed by atoms with E-state index in [4.69, 9.17) is 4.42 Å². The van der Waals surface area contributed by atoms with Gasteiger partial charge < -0.3 is 4.42 Å². The van der Waals surface area contributed by atoms with Crippen molar-refractivity contribution in [1.82, 2.24) is 5.43 Å². The van der Waals surface area contributed by atoms with Crippen molar-refractivity contribution >= 4 is 12.1 Å². The highest BCUT2D eigenvalue weighted by molar-refractivity contribution is 5.95. The predicted octanol–water partition coefficient (Wildman–Crippen LogP) is 2.52. The van der Waals surface area contributed by atoms with Gasteiger partial charge in [-0.25, -0.2) is 5.43 Å². The van der Waals surface area contributed by atoms with E-state index in [0.717, 1.165) is 12.3 Å².